The summed E-state index contributed by atoms with van der Waals surface area (Å²) in [5, 5.41) is 14.9. The van der Waals surface area contributed by atoms with E-state index >= 15 is 0 Å². The Kier molecular flexibility index (Phi) is 6.24. The molecule has 0 aliphatic carbocycles. The third kappa shape index (κ3) is 4.93. The van der Waals surface area contributed by atoms with Gasteiger partial charge < -0.3 is 15.0 Å². The maximum atomic E-state index is 12.2. The second-order valence-electron chi connectivity index (χ2n) is 7.02. The number of aliphatic hydroxyl groups is 1. The van der Waals surface area contributed by atoms with Crippen LogP contribution in [0.4, 0.5) is 0 Å². The Morgan fingerprint density at radius 3 is 2.56 bits per heavy atom. The van der Waals surface area contributed by atoms with Gasteiger partial charge >= 0.3 is 0 Å². The normalized spacial score (nSPS) is 12.5. The van der Waals surface area contributed by atoms with Crippen molar-refractivity contribution in [1.82, 2.24) is 9.88 Å². The van der Waals surface area contributed by atoms with E-state index in [2.05, 4.69) is 31.3 Å². The number of fused-ring (bicyclic) bond motifs is 1. The Morgan fingerprint density at radius 1 is 1.15 bits per heavy atom. The van der Waals surface area contributed by atoms with Crippen molar-refractivity contribution in [3.05, 3.63) is 65.9 Å². The van der Waals surface area contributed by atoms with Crippen LogP contribution < -0.4 is 5.32 Å². The topological polar surface area (TPSA) is 54.3 Å². The Hall–Kier alpha value is -2.24. The molecule has 0 bridgehead atoms. The molecule has 1 heterocycles. The minimum absolute atomic E-state index is 0.0847. The number of aromatic nitrogens is 1. The number of nitrogens with zero attached hydrogens (tertiary/aromatic N) is 1. The van der Waals surface area contributed by atoms with Gasteiger partial charge in [0.1, 0.15) is 0 Å². The molecule has 0 saturated carbocycles. The summed E-state index contributed by atoms with van der Waals surface area (Å²) in [6.45, 7) is 4.52. The average molecular weight is 383 g/mol. The van der Waals surface area contributed by atoms with E-state index in [1.165, 1.54) is 4.90 Å². The quantitative estimate of drug-likeness (QED) is 0.606. The van der Waals surface area contributed by atoms with Gasteiger partial charge in [-0.2, -0.15) is 0 Å². The first-order valence-corrected chi connectivity index (χ1v) is 10.1. The maximum Gasteiger partial charge on any atom is 0.224 e. The fourth-order valence-electron chi connectivity index (χ4n) is 3.16. The van der Waals surface area contributed by atoms with E-state index in [0.29, 0.717) is 11.7 Å². The van der Waals surface area contributed by atoms with Crippen LogP contribution in [0.1, 0.15) is 31.1 Å². The van der Waals surface area contributed by atoms with Gasteiger partial charge in [0.25, 0.3) is 0 Å². The molecule has 0 saturated heterocycles. The Bertz CT molecular complexity index is 916. The lowest BCUT2D eigenvalue weighted by molar-refractivity contribution is -0.120. The van der Waals surface area contributed by atoms with Crippen molar-refractivity contribution in [2.75, 3.05) is 6.54 Å². The number of aliphatic hydroxyl groups excluding tert-OH is 1. The molecule has 3 aromatic rings. The molecule has 4 nitrogen and oxygen atoms in total. The standard InChI is InChI=1S/C22H26N2O2S/c1-15(2)27-17-10-8-16(9-11-17)12-22(26)23-13-21(25)19-14-24(3)20-7-5-4-6-18(19)20/h4-11,14-15,21,25H,12-13H2,1-3H3,(H,23,26). The number of thioether (sulfide) groups is 1. The monoisotopic (exact) mass is 382 g/mol. The van der Waals surface area contributed by atoms with Gasteiger partial charge in [0.05, 0.1) is 12.5 Å². The van der Waals surface area contributed by atoms with E-state index in [0.717, 1.165) is 22.0 Å². The number of hydrogen-bond acceptors (Lipinski definition) is 3. The summed E-state index contributed by atoms with van der Waals surface area (Å²) in [6, 6.07) is 16.0. The van der Waals surface area contributed by atoms with E-state index in [-0.39, 0.29) is 12.5 Å². The largest absolute Gasteiger partial charge is 0.386 e. The van der Waals surface area contributed by atoms with E-state index in [1.807, 2.05) is 54.2 Å². The fourth-order valence-corrected chi connectivity index (χ4v) is 4.00. The molecule has 0 spiro atoms. The zero-order valence-electron chi connectivity index (χ0n) is 16.0. The van der Waals surface area contributed by atoms with Gasteiger partial charge in [-0.05, 0) is 23.8 Å². The van der Waals surface area contributed by atoms with Crippen molar-refractivity contribution in [1.29, 1.82) is 0 Å². The first kappa shape index (κ1) is 19.5. The summed E-state index contributed by atoms with van der Waals surface area (Å²) < 4.78 is 1.99. The van der Waals surface area contributed by atoms with Gasteiger partial charge in [0.2, 0.25) is 5.91 Å². The zero-order valence-corrected chi connectivity index (χ0v) is 16.8. The minimum atomic E-state index is -0.732. The molecule has 0 fully saturated rings. The molecule has 5 heteroatoms. The number of rotatable bonds is 7. The minimum Gasteiger partial charge on any atom is -0.386 e. The third-order valence-electron chi connectivity index (χ3n) is 4.44. The molecule has 0 radical (unpaired) electrons. The van der Waals surface area contributed by atoms with Crippen LogP contribution in [0, 0.1) is 0 Å². The van der Waals surface area contributed by atoms with Crippen molar-refractivity contribution >= 4 is 28.6 Å². The lowest BCUT2D eigenvalue weighted by Crippen LogP contribution is -2.29. The number of hydrogen-bond donors (Lipinski definition) is 2. The van der Waals surface area contributed by atoms with Gasteiger partial charge in [-0.1, -0.05) is 44.2 Å². The number of aryl methyl sites for hydroxylation is 1. The summed E-state index contributed by atoms with van der Waals surface area (Å²) in [5.74, 6) is -0.0847. The van der Waals surface area contributed by atoms with Gasteiger partial charge in [0.15, 0.2) is 0 Å². The molecule has 3 rings (SSSR count). The first-order valence-electron chi connectivity index (χ1n) is 9.18. The van der Waals surface area contributed by atoms with Crippen LogP contribution >= 0.6 is 11.8 Å². The summed E-state index contributed by atoms with van der Waals surface area (Å²) in [7, 11) is 1.96. The van der Waals surface area contributed by atoms with Gasteiger partial charge in [-0.3, -0.25) is 4.79 Å². The van der Waals surface area contributed by atoms with Crippen LogP contribution in [0.3, 0.4) is 0 Å². The Morgan fingerprint density at radius 2 is 1.85 bits per heavy atom. The highest BCUT2D eigenvalue weighted by Gasteiger charge is 2.15. The predicted molar refractivity (Wildman–Crippen MR) is 112 cm³/mol. The molecule has 2 N–H and O–H groups in total. The second kappa shape index (κ2) is 8.63. The zero-order chi connectivity index (χ0) is 19.4. The lowest BCUT2D eigenvalue weighted by atomic mass is 10.1. The third-order valence-corrected chi connectivity index (χ3v) is 5.45. The summed E-state index contributed by atoms with van der Waals surface area (Å²) in [5.41, 5.74) is 2.88. The molecule has 1 unspecified atom stereocenters. The second-order valence-corrected chi connectivity index (χ2v) is 8.67. The van der Waals surface area contributed by atoms with Crippen molar-refractivity contribution in [3.8, 4) is 0 Å². The predicted octanol–water partition coefficient (Wildman–Crippen LogP) is 4.07. The number of benzene rings is 2. The number of carbonyl (C=O) groups excluding carboxylic acids is 1. The molecule has 142 valence electrons. The van der Waals surface area contributed by atoms with Gasteiger partial charge in [-0.25, -0.2) is 0 Å². The average Bonchev–Trinajstić information content (AvgIpc) is 2.98. The molecule has 1 atom stereocenters. The molecule has 0 aliphatic rings. The van der Waals surface area contributed by atoms with E-state index in [1.54, 1.807) is 11.8 Å². The number of carbonyl (C=O) groups is 1. The Balaban J connectivity index is 1.57. The van der Waals surface area contributed by atoms with Crippen molar-refractivity contribution in [2.24, 2.45) is 7.05 Å². The van der Waals surface area contributed by atoms with E-state index < -0.39 is 6.10 Å². The molecular weight excluding hydrogens is 356 g/mol. The molecule has 1 amide bonds. The Labute approximate surface area is 164 Å². The highest BCUT2D eigenvalue weighted by Crippen LogP contribution is 2.26. The number of nitrogens with one attached hydrogen (secondary N) is 1. The summed E-state index contributed by atoms with van der Waals surface area (Å²) in [4.78, 5) is 13.5. The van der Waals surface area contributed by atoms with E-state index in [9.17, 15) is 9.90 Å². The van der Waals surface area contributed by atoms with Crippen LogP contribution in [0.5, 0.6) is 0 Å². The summed E-state index contributed by atoms with van der Waals surface area (Å²) in [6.07, 6.45) is 1.51. The van der Waals surface area contributed by atoms with Crippen LogP contribution in [0.15, 0.2) is 59.6 Å². The fraction of sp³-hybridized carbons (Fsp3) is 0.318. The van der Waals surface area contributed by atoms with Crippen molar-refractivity contribution in [2.45, 2.75) is 36.5 Å². The maximum absolute atomic E-state index is 12.2. The van der Waals surface area contributed by atoms with Crippen LogP contribution in [0.25, 0.3) is 10.9 Å². The first-order chi connectivity index (χ1) is 12.9. The molecular formula is C22H26N2O2S. The smallest absolute Gasteiger partial charge is 0.224 e. The van der Waals surface area contributed by atoms with Gasteiger partial charge in [0, 0.05) is 46.4 Å². The van der Waals surface area contributed by atoms with Crippen LogP contribution in [-0.2, 0) is 18.3 Å². The molecule has 1 aromatic heterocycles. The summed E-state index contributed by atoms with van der Waals surface area (Å²) >= 11 is 1.81. The highest BCUT2D eigenvalue weighted by molar-refractivity contribution is 7.99. The van der Waals surface area contributed by atoms with E-state index in [4.69, 9.17) is 0 Å². The lowest BCUT2D eigenvalue weighted by Gasteiger charge is -2.12. The molecule has 2 aromatic carbocycles. The van der Waals surface area contributed by atoms with Crippen LogP contribution in [-0.4, -0.2) is 27.4 Å². The van der Waals surface area contributed by atoms with Crippen molar-refractivity contribution in [3.63, 3.8) is 0 Å². The van der Waals surface area contributed by atoms with Crippen LogP contribution in [0.2, 0.25) is 0 Å². The van der Waals surface area contributed by atoms with Crippen molar-refractivity contribution < 1.29 is 9.90 Å². The number of amides is 1. The van der Waals surface area contributed by atoms with Gasteiger partial charge in [-0.15, -0.1) is 11.8 Å². The SMILES string of the molecule is CC(C)Sc1ccc(CC(=O)NCC(O)c2cn(C)c3ccccc23)cc1. The molecule has 0 aliphatic heterocycles. The highest BCUT2D eigenvalue weighted by atomic mass is 32.2. The molecule has 27 heavy (non-hydrogen) atoms. The number of para-hydroxylation sites is 1.